The number of carbonyl (C=O) groups is 1. The van der Waals surface area contributed by atoms with E-state index < -0.39 is 0 Å². The summed E-state index contributed by atoms with van der Waals surface area (Å²) in [5.74, 6) is 1.78. The molecule has 0 unspecified atom stereocenters. The molecular weight excluding hydrogens is 348 g/mol. The number of hydrogen-bond acceptors (Lipinski definition) is 6. The van der Waals surface area contributed by atoms with Crippen molar-refractivity contribution in [2.24, 2.45) is 0 Å². The number of rotatable bonds is 6. The third kappa shape index (κ3) is 4.78. The fourth-order valence-electron chi connectivity index (χ4n) is 2.91. The molecule has 1 aliphatic rings. The Morgan fingerprint density at radius 3 is 2.70 bits per heavy atom. The van der Waals surface area contributed by atoms with Crippen molar-refractivity contribution in [1.29, 1.82) is 0 Å². The summed E-state index contributed by atoms with van der Waals surface area (Å²) < 4.78 is 16.3. The van der Waals surface area contributed by atoms with Crippen molar-refractivity contribution in [2.75, 3.05) is 27.3 Å². The SMILES string of the molecule is COc1ccc(CNC(=O)N2CC[C@H](Oc3ccc(C)nn3)C2)cc1OC. The van der Waals surface area contributed by atoms with Crippen molar-refractivity contribution >= 4 is 6.03 Å². The average molecular weight is 372 g/mol. The Morgan fingerprint density at radius 1 is 1.19 bits per heavy atom. The third-order valence-corrected chi connectivity index (χ3v) is 4.38. The molecule has 144 valence electrons. The van der Waals surface area contributed by atoms with Crippen LogP contribution in [0.3, 0.4) is 0 Å². The van der Waals surface area contributed by atoms with Gasteiger partial charge >= 0.3 is 6.03 Å². The molecule has 1 saturated heterocycles. The molecule has 2 aromatic rings. The summed E-state index contributed by atoms with van der Waals surface area (Å²) in [5.41, 5.74) is 1.77. The van der Waals surface area contributed by atoms with Gasteiger partial charge in [0.25, 0.3) is 0 Å². The van der Waals surface area contributed by atoms with E-state index in [2.05, 4.69) is 15.5 Å². The number of nitrogens with one attached hydrogen (secondary N) is 1. The molecule has 0 radical (unpaired) electrons. The van der Waals surface area contributed by atoms with E-state index >= 15 is 0 Å². The lowest BCUT2D eigenvalue weighted by Crippen LogP contribution is -2.39. The Bertz CT molecular complexity index is 782. The molecule has 0 aliphatic carbocycles. The fourth-order valence-corrected chi connectivity index (χ4v) is 2.91. The number of ether oxygens (including phenoxy) is 3. The van der Waals surface area contributed by atoms with Crippen LogP contribution in [0.5, 0.6) is 17.4 Å². The van der Waals surface area contributed by atoms with E-state index in [4.69, 9.17) is 14.2 Å². The second-order valence-corrected chi connectivity index (χ2v) is 6.34. The smallest absolute Gasteiger partial charge is 0.317 e. The van der Waals surface area contributed by atoms with E-state index in [0.29, 0.717) is 37.0 Å². The zero-order chi connectivity index (χ0) is 19.2. The topological polar surface area (TPSA) is 85.8 Å². The number of aryl methyl sites for hydroxylation is 1. The van der Waals surface area contributed by atoms with Gasteiger partial charge in [-0.05, 0) is 30.7 Å². The molecule has 8 heteroatoms. The lowest BCUT2D eigenvalue weighted by atomic mass is 10.2. The first-order chi connectivity index (χ1) is 13.1. The van der Waals surface area contributed by atoms with Gasteiger partial charge in [0.15, 0.2) is 11.5 Å². The lowest BCUT2D eigenvalue weighted by Gasteiger charge is -2.18. The number of benzene rings is 1. The van der Waals surface area contributed by atoms with Gasteiger partial charge in [0.1, 0.15) is 6.10 Å². The van der Waals surface area contributed by atoms with E-state index in [-0.39, 0.29) is 12.1 Å². The van der Waals surface area contributed by atoms with E-state index in [9.17, 15) is 4.79 Å². The molecule has 1 atom stereocenters. The summed E-state index contributed by atoms with van der Waals surface area (Å²) in [4.78, 5) is 14.2. The van der Waals surface area contributed by atoms with E-state index in [1.807, 2.05) is 31.2 Å². The number of nitrogens with zero attached hydrogens (tertiary/aromatic N) is 3. The molecule has 2 amide bonds. The summed E-state index contributed by atoms with van der Waals surface area (Å²) in [6.45, 7) is 3.44. The maximum atomic E-state index is 12.4. The highest BCUT2D eigenvalue weighted by Crippen LogP contribution is 2.27. The van der Waals surface area contributed by atoms with Crippen LogP contribution in [0.25, 0.3) is 0 Å². The highest BCUT2D eigenvalue weighted by atomic mass is 16.5. The molecule has 0 spiro atoms. The Hall–Kier alpha value is -3.03. The van der Waals surface area contributed by atoms with Crippen LogP contribution in [0, 0.1) is 6.92 Å². The van der Waals surface area contributed by atoms with Gasteiger partial charge in [0.2, 0.25) is 5.88 Å². The van der Waals surface area contributed by atoms with Crippen molar-refractivity contribution in [1.82, 2.24) is 20.4 Å². The van der Waals surface area contributed by atoms with Crippen LogP contribution in [-0.2, 0) is 6.54 Å². The molecule has 3 rings (SSSR count). The van der Waals surface area contributed by atoms with Gasteiger partial charge in [-0.1, -0.05) is 6.07 Å². The molecule has 27 heavy (non-hydrogen) atoms. The first-order valence-corrected chi connectivity index (χ1v) is 8.79. The predicted octanol–water partition coefficient (Wildman–Crippen LogP) is 2.17. The van der Waals surface area contributed by atoms with Crippen LogP contribution in [0.2, 0.25) is 0 Å². The molecule has 1 aliphatic heterocycles. The predicted molar refractivity (Wildman–Crippen MR) is 99.2 cm³/mol. The van der Waals surface area contributed by atoms with Crippen molar-refractivity contribution in [3.63, 3.8) is 0 Å². The average Bonchev–Trinajstić information content (AvgIpc) is 3.16. The van der Waals surface area contributed by atoms with Crippen molar-refractivity contribution < 1.29 is 19.0 Å². The van der Waals surface area contributed by atoms with Gasteiger partial charge in [-0.2, -0.15) is 5.10 Å². The van der Waals surface area contributed by atoms with Crippen LogP contribution in [0.4, 0.5) is 4.79 Å². The van der Waals surface area contributed by atoms with Crippen molar-refractivity contribution in [3.8, 4) is 17.4 Å². The van der Waals surface area contributed by atoms with Crippen molar-refractivity contribution in [3.05, 3.63) is 41.6 Å². The molecule has 1 N–H and O–H groups in total. The monoisotopic (exact) mass is 372 g/mol. The molecule has 8 nitrogen and oxygen atoms in total. The number of amides is 2. The van der Waals surface area contributed by atoms with Gasteiger partial charge in [-0.25, -0.2) is 4.79 Å². The van der Waals surface area contributed by atoms with Crippen LogP contribution in [0.1, 0.15) is 17.7 Å². The maximum absolute atomic E-state index is 12.4. The first-order valence-electron chi connectivity index (χ1n) is 8.79. The molecule has 2 heterocycles. The van der Waals surface area contributed by atoms with Gasteiger partial charge in [0.05, 0.1) is 26.5 Å². The van der Waals surface area contributed by atoms with E-state index in [1.54, 1.807) is 25.2 Å². The van der Waals surface area contributed by atoms with Crippen molar-refractivity contribution in [2.45, 2.75) is 26.0 Å². The minimum absolute atomic E-state index is 0.0752. The summed E-state index contributed by atoms with van der Waals surface area (Å²) in [7, 11) is 3.18. The highest BCUT2D eigenvalue weighted by molar-refractivity contribution is 5.74. The number of urea groups is 1. The minimum Gasteiger partial charge on any atom is -0.493 e. The fraction of sp³-hybridized carbons (Fsp3) is 0.421. The van der Waals surface area contributed by atoms with E-state index in [1.165, 1.54) is 0 Å². The highest BCUT2D eigenvalue weighted by Gasteiger charge is 2.27. The quantitative estimate of drug-likeness (QED) is 0.836. The van der Waals surface area contributed by atoms with Gasteiger partial charge in [0, 0.05) is 25.6 Å². The summed E-state index contributed by atoms with van der Waals surface area (Å²) >= 11 is 0. The minimum atomic E-state index is -0.120. The zero-order valence-corrected chi connectivity index (χ0v) is 15.8. The van der Waals surface area contributed by atoms with Gasteiger partial charge in [-0.3, -0.25) is 0 Å². The van der Waals surface area contributed by atoms with E-state index in [0.717, 1.165) is 17.7 Å². The summed E-state index contributed by atoms with van der Waals surface area (Å²) in [5, 5.41) is 10.9. The summed E-state index contributed by atoms with van der Waals surface area (Å²) in [6, 6.07) is 9.10. The Labute approximate surface area is 158 Å². The van der Waals surface area contributed by atoms with Gasteiger partial charge in [-0.15, -0.1) is 5.10 Å². The number of hydrogen-bond donors (Lipinski definition) is 1. The van der Waals surface area contributed by atoms with Gasteiger partial charge < -0.3 is 24.4 Å². The molecule has 0 saturated carbocycles. The van der Waals surface area contributed by atoms with Crippen LogP contribution < -0.4 is 19.5 Å². The first kappa shape index (κ1) is 18.8. The molecular formula is C19H24N4O4. The van der Waals surface area contributed by atoms with Crippen LogP contribution >= 0.6 is 0 Å². The number of aromatic nitrogens is 2. The standard InChI is InChI=1S/C19H24N4O4/c1-13-4-7-18(22-21-13)27-15-8-9-23(12-15)19(24)20-11-14-5-6-16(25-2)17(10-14)26-3/h4-7,10,15H,8-9,11-12H2,1-3H3,(H,20,24)/t15-/m0/s1. The Balaban J connectivity index is 1.49. The molecule has 1 aromatic carbocycles. The number of likely N-dealkylation sites (tertiary alicyclic amines) is 1. The Morgan fingerprint density at radius 2 is 2.00 bits per heavy atom. The molecule has 0 bridgehead atoms. The lowest BCUT2D eigenvalue weighted by molar-refractivity contribution is 0.182. The third-order valence-electron chi connectivity index (χ3n) is 4.38. The number of carbonyl (C=O) groups excluding carboxylic acids is 1. The second-order valence-electron chi connectivity index (χ2n) is 6.34. The van der Waals surface area contributed by atoms with Crippen LogP contribution in [0.15, 0.2) is 30.3 Å². The molecule has 1 fully saturated rings. The second kappa shape index (κ2) is 8.57. The largest absolute Gasteiger partial charge is 0.493 e. The summed E-state index contributed by atoms with van der Waals surface area (Å²) in [6.07, 6.45) is 0.688. The molecule has 1 aromatic heterocycles. The Kier molecular flexibility index (Phi) is 5.95. The number of methoxy groups -OCH3 is 2. The van der Waals surface area contributed by atoms with Crippen LogP contribution in [-0.4, -0.2) is 54.5 Å². The maximum Gasteiger partial charge on any atom is 0.317 e. The normalized spacial score (nSPS) is 16.1. The zero-order valence-electron chi connectivity index (χ0n) is 15.8.